The van der Waals surface area contributed by atoms with Gasteiger partial charge in [0.2, 0.25) is 0 Å². The summed E-state index contributed by atoms with van der Waals surface area (Å²) in [6.45, 7) is 1.76. The molecule has 0 aliphatic rings. The van der Waals surface area contributed by atoms with Gasteiger partial charge in [0, 0.05) is 18.2 Å². The number of para-hydroxylation sites is 1. The second kappa shape index (κ2) is 7.45. The van der Waals surface area contributed by atoms with Gasteiger partial charge < -0.3 is 0 Å². The van der Waals surface area contributed by atoms with Crippen molar-refractivity contribution in [3.05, 3.63) is 110 Å². The van der Waals surface area contributed by atoms with Crippen molar-refractivity contribution in [2.24, 2.45) is 7.05 Å². The monoisotopic (exact) mass is 402 g/mol. The number of aryl methyl sites for hydroxylation is 2. The second-order valence-electron chi connectivity index (χ2n) is 6.86. The van der Waals surface area contributed by atoms with Crippen LogP contribution in [0.25, 0.3) is 16.6 Å². The van der Waals surface area contributed by atoms with Crippen molar-refractivity contribution in [1.29, 1.82) is 0 Å². The zero-order valence-corrected chi connectivity index (χ0v) is 16.2. The average Bonchev–Trinajstić information content (AvgIpc) is 2.73. The van der Waals surface area contributed by atoms with E-state index >= 15 is 0 Å². The molecule has 0 radical (unpaired) electrons. The Morgan fingerprint density at radius 1 is 0.833 bits per heavy atom. The van der Waals surface area contributed by atoms with Gasteiger partial charge in [-0.2, -0.15) is 0 Å². The number of hydrogen-bond acceptors (Lipinski definition) is 2. The summed E-state index contributed by atoms with van der Waals surface area (Å²) in [5, 5.41) is 0.198. The summed E-state index contributed by atoms with van der Waals surface area (Å²) in [7, 11) is 1.46. The molecule has 1 aromatic heterocycles. The van der Waals surface area contributed by atoms with Crippen molar-refractivity contribution in [3.63, 3.8) is 0 Å². The van der Waals surface area contributed by atoms with Gasteiger partial charge in [0.1, 0.15) is 5.69 Å². The highest BCUT2D eigenvalue weighted by Gasteiger charge is 2.20. The van der Waals surface area contributed by atoms with E-state index in [1.807, 2.05) is 6.07 Å². The lowest BCUT2D eigenvalue weighted by Crippen LogP contribution is -2.39. The first-order chi connectivity index (χ1) is 14.4. The Bertz CT molecular complexity index is 1450. The number of fused-ring (bicyclic) bond motifs is 1. The van der Waals surface area contributed by atoms with Gasteiger partial charge in [0.15, 0.2) is 11.6 Å². The second-order valence-corrected chi connectivity index (χ2v) is 6.86. The van der Waals surface area contributed by atoms with Crippen LogP contribution >= 0.6 is 0 Å². The van der Waals surface area contributed by atoms with E-state index in [-0.39, 0.29) is 10.9 Å². The molecule has 0 spiro atoms. The van der Waals surface area contributed by atoms with E-state index in [9.17, 15) is 18.4 Å². The molecule has 4 aromatic rings. The Balaban J connectivity index is 1.93. The maximum atomic E-state index is 14.9. The Morgan fingerprint density at radius 2 is 1.47 bits per heavy atom. The van der Waals surface area contributed by atoms with E-state index in [0.717, 1.165) is 12.1 Å². The first kappa shape index (κ1) is 19.3. The highest BCUT2D eigenvalue weighted by atomic mass is 19.1. The summed E-state index contributed by atoms with van der Waals surface area (Å²) in [5.74, 6) is 3.43. The van der Waals surface area contributed by atoms with Crippen LogP contribution in [-0.4, -0.2) is 9.13 Å². The lowest BCUT2D eigenvalue weighted by atomic mass is 10.1. The first-order valence-electron chi connectivity index (χ1n) is 9.16. The zero-order valence-electron chi connectivity index (χ0n) is 16.2. The number of rotatable bonds is 1. The Kier molecular flexibility index (Phi) is 4.80. The van der Waals surface area contributed by atoms with Crippen LogP contribution < -0.4 is 11.2 Å². The molecule has 3 aromatic carbocycles. The van der Waals surface area contributed by atoms with Gasteiger partial charge in [0.25, 0.3) is 5.56 Å². The molecule has 0 amide bonds. The smallest absolute Gasteiger partial charge is 0.296 e. The van der Waals surface area contributed by atoms with E-state index in [1.54, 1.807) is 43.3 Å². The molecule has 0 atom stereocenters. The SMILES string of the molecule is Cc1cccc2c(=O)n(-c3c(F)cc(C#Cc4ccccc4)cc3F)c(=O)n(C)c12. The van der Waals surface area contributed by atoms with Gasteiger partial charge in [-0.25, -0.2) is 18.1 Å². The molecular weight excluding hydrogens is 386 g/mol. The van der Waals surface area contributed by atoms with Gasteiger partial charge in [0.05, 0.1) is 10.9 Å². The summed E-state index contributed by atoms with van der Waals surface area (Å²) < 4.78 is 31.5. The fourth-order valence-corrected chi connectivity index (χ4v) is 3.44. The third-order valence-corrected chi connectivity index (χ3v) is 4.85. The van der Waals surface area contributed by atoms with E-state index in [4.69, 9.17) is 0 Å². The van der Waals surface area contributed by atoms with Gasteiger partial charge in [-0.15, -0.1) is 0 Å². The fourth-order valence-electron chi connectivity index (χ4n) is 3.44. The van der Waals surface area contributed by atoms with Crippen LogP contribution in [0.4, 0.5) is 8.78 Å². The molecule has 4 rings (SSSR count). The van der Waals surface area contributed by atoms with Crippen molar-refractivity contribution < 1.29 is 8.78 Å². The van der Waals surface area contributed by atoms with Crippen LogP contribution in [0.2, 0.25) is 0 Å². The van der Waals surface area contributed by atoms with Gasteiger partial charge in [-0.05, 0) is 42.8 Å². The maximum absolute atomic E-state index is 14.9. The van der Waals surface area contributed by atoms with Crippen LogP contribution in [0.3, 0.4) is 0 Å². The van der Waals surface area contributed by atoms with Gasteiger partial charge >= 0.3 is 5.69 Å². The molecule has 0 unspecified atom stereocenters. The van der Waals surface area contributed by atoms with Crippen LogP contribution in [0.1, 0.15) is 16.7 Å². The van der Waals surface area contributed by atoms with Crippen LogP contribution in [0.15, 0.2) is 70.3 Å². The minimum Gasteiger partial charge on any atom is -0.296 e. The highest BCUT2D eigenvalue weighted by Crippen LogP contribution is 2.19. The summed E-state index contributed by atoms with van der Waals surface area (Å²) in [5.41, 5.74) is -0.398. The number of hydrogen-bond donors (Lipinski definition) is 0. The third-order valence-electron chi connectivity index (χ3n) is 4.85. The fraction of sp³-hybridized carbons (Fsp3) is 0.0833. The molecule has 0 saturated heterocycles. The van der Waals surface area contributed by atoms with E-state index in [0.29, 0.717) is 21.2 Å². The Hall–Kier alpha value is -3.98. The molecule has 0 saturated carbocycles. The predicted molar refractivity (Wildman–Crippen MR) is 112 cm³/mol. The average molecular weight is 402 g/mol. The first-order valence-corrected chi connectivity index (χ1v) is 9.16. The standard InChI is InChI=1S/C24H16F2N2O2/c1-15-7-6-10-18-21(15)27(2)24(30)28(23(18)29)22-19(25)13-17(14-20(22)26)12-11-16-8-4-3-5-9-16/h3-10,13-14H,1-2H3. The molecule has 148 valence electrons. The molecule has 6 heteroatoms. The quantitative estimate of drug-likeness (QED) is 0.456. The molecule has 1 heterocycles. The number of aromatic nitrogens is 2. The number of benzene rings is 3. The zero-order chi connectivity index (χ0) is 21.4. The molecule has 0 aliphatic heterocycles. The van der Waals surface area contributed by atoms with Gasteiger partial charge in [-0.1, -0.05) is 42.2 Å². The van der Waals surface area contributed by atoms with Crippen LogP contribution in [0.5, 0.6) is 0 Å². The van der Waals surface area contributed by atoms with Crippen molar-refractivity contribution in [1.82, 2.24) is 9.13 Å². The summed E-state index contributed by atoms with van der Waals surface area (Å²) >= 11 is 0. The lowest BCUT2D eigenvalue weighted by molar-refractivity contribution is 0.559. The third kappa shape index (κ3) is 3.20. The molecule has 30 heavy (non-hydrogen) atoms. The Labute approximate surface area is 170 Å². The largest absolute Gasteiger partial charge is 0.336 e. The topological polar surface area (TPSA) is 44.0 Å². The highest BCUT2D eigenvalue weighted by molar-refractivity contribution is 5.81. The molecule has 0 bridgehead atoms. The van der Waals surface area contributed by atoms with E-state index < -0.39 is 28.6 Å². The molecule has 4 nitrogen and oxygen atoms in total. The van der Waals surface area contributed by atoms with E-state index in [1.165, 1.54) is 17.7 Å². The molecule has 0 N–H and O–H groups in total. The summed E-state index contributed by atoms with van der Waals surface area (Å²) in [6, 6.07) is 16.0. The minimum atomic E-state index is -1.04. The van der Waals surface area contributed by atoms with Crippen LogP contribution in [0, 0.1) is 30.4 Å². The number of halogens is 2. The Morgan fingerprint density at radius 3 is 2.13 bits per heavy atom. The number of nitrogens with zero attached hydrogens (tertiary/aromatic N) is 2. The minimum absolute atomic E-state index is 0.0964. The van der Waals surface area contributed by atoms with Crippen molar-refractivity contribution >= 4 is 10.9 Å². The maximum Gasteiger partial charge on any atom is 0.336 e. The predicted octanol–water partition coefficient (Wildman–Crippen LogP) is 3.68. The molecule has 0 fully saturated rings. The molecule has 0 aliphatic carbocycles. The normalized spacial score (nSPS) is 10.7. The summed E-state index contributed by atoms with van der Waals surface area (Å²) in [4.78, 5) is 25.8. The molecular formula is C24H16F2N2O2. The van der Waals surface area contributed by atoms with Crippen molar-refractivity contribution in [2.45, 2.75) is 6.92 Å². The van der Waals surface area contributed by atoms with Gasteiger partial charge in [-0.3, -0.25) is 9.36 Å². The van der Waals surface area contributed by atoms with E-state index in [2.05, 4.69) is 11.8 Å². The summed E-state index contributed by atoms with van der Waals surface area (Å²) in [6.07, 6.45) is 0. The van der Waals surface area contributed by atoms with Crippen LogP contribution in [-0.2, 0) is 7.05 Å². The van der Waals surface area contributed by atoms with Crippen molar-refractivity contribution in [3.8, 4) is 17.5 Å². The van der Waals surface area contributed by atoms with Crippen molar-refractivity contribution in [2.75, 3.05) is 0 Å². The lowest BCUT2D eigenvalue weighted by Gasteiger charge is -2.13.